The first-order chi connectivity index (χ1) is 7.66. The number of aromatic nitrogens is 2. The Labute approximate surface area is 106 Å². The molecule has 7 heteroatoms. The summed E-state index contributed by atoms with van der Waals surface area (Å²) < 4.78 is 4.70. The average molecular weight is 271 g/mol. The average Bonchev–Trinajstić information content (AvgIpc) is 2.70. The molecule has 16 heavy (non-hydrogen) atoms. The predicted octanol–water partition coefficient (Wildman–Crippen LogP) is 2.63. The highest BCUT2D eigenvalue weighted by Crippen LogP contribution is 2.32. The molecule has 0 saturated carbocycles. The van der Waals surface area contributed by atoms with E-state index in [0.29, 0.717) is 10.6 Å². The van der Waals surface area contributed by atoms with Gasteiger partial charge in [-0.3, -0.25) is 5.41 Å². The van der Waals surface area contributed by atoms with E-state index in [1.165, 1.54) is 29.6 Å². The zero-order valence-corrected chi connectivity index (χ0v) is 10.4. The summed E-state index contributed by atoms with van der Waals surface area (Å²) in [7, 11) is 0. The number of halogens is 1. The van der Waals surface area contributed by atoms with E-state index in [4.69, 9.17) is 22.7 Å². The van der Waals surface area contributed by atoms with Gasteiger partial charge in [-0.25, -0.2) is 4.98 Å². The first-order valence-electron chi connectivity index (χ1n) is 4.25. The third-order valence-electron chi connectivity index (χ3n) is 1.77. The Hall–Kier alpha value is -1.11. The topological polar surface area (TPSA) is 75.7 Å². The quantitative estimate of drug-likeness (QED) is 0.664. The fraction of sp³-hybridized carbons (Fsp3) is 0. The molecule has 0 amide bonds. The van der Waals surface area contributed by atoms with Gasteiger partial charge in [0.2, 0.25) is 0 Å². The Bertz CT molecular complexity index is 512. The normalized spacial score (nSPS) is 10.3. The zero-order chi connectivity index (χ0) is 11.5. The van der Waals surface area contributed by atoms with Crippen LogP contribution in [0.2, 0.25) is 5.02 Å². The maximum absolute atomic E-state index is 7.46. The lowest BCUT2D eigenvalue weighted by Gasteiger charge is -2.05. The third-order valence-corrected chi connectivity index (χ3v) is 3.78. The highest BCUT2D eigenvalue weighted by Gasteiger charge is 2.09. The van der Waals surface area contributed by atoms with Gasteiger partial charge in [-0.1, -0.05) is 23.4 Å². The van der Waals surface area contributed by atoms with E-state index in [2.05, 4.69) is 9.36 Å². The van der Waals surface area contributed by atoms with Crippen molar-refractivity contribution < 1.29 is 0 Å². The molecule has 0 aliphatic carbocycles. The molecule has 0 aliphatic heterocycles. The van der Waals surface area contributed by atoms with Gasteiger partial charge < -0.3 is 5.73 Å². The first-order valence-corrected chi connectivity index (χ1v) is 6.22. The van der Waals surface area contributed by atoms with Crippen LogP contribution in [-0.2, 0) is 0 Å². The van der Waals surface area contributed by atoms with E-state index >= 15 is 0 Å². The van der Waals surface area contributed by atoms with Crippen LogP contribution in [0.3, 0.4) is 0 Å². The van der Waals surface area contributed by atoms with E-state index in [1.807, 2.05) is 0 Å². The fourth-order valence-corrected chi connectivity index (χ4v) is 2.93. The van der Waals surface area contributed by atoms with Crippen LogP contribution in [0.15, 0.2) is 33.8 Å². The number of nitrogen functional groups attached to an aromatic ring is 1. The number of amidine groups is 1. The zero-order valence-electron chi connectivity index (χ0n) is 7.98. The monoisotopic (exact) mass is 270 g/mol. The summed E-state index contributed by atoms with van der Waals surface area (Å²) in [6.45, 7) is 0. The molecule has 0 saturated heterocycles. The highest BCUT2D eigenvalue weighted by atomic mass is 35.5. The number of hydrogen-bond acceptors (Lipinski definition) is 5. The molecule has 1 aromatic heterocycles. The number of nitrogens with zero attached hydrogens (tertiary/aromatic N) is 2. The number of nitrogens with one attached hydrogen (secondary N) is 1. The summed E-state index contributed by atoms with van der Waals surface area (Å²) >= 11 is 8.60. The van der Waals surface area contributed by atoms with Crippen LogP contribution in [0.4, 0.5) is 0 Å². The first kappa shape index (κ1) is 11.4. The van der Waals surface area contributed by atoms with E-state index in [9.17, 15) is 0 Å². The lowest BCUT2D eigenvalue weighted by molar-refractivity contribution is 1.21. The molecule has 0 radical (unpaired) electrons. The summed E-state index contributed by atoms with van der Waals surface area (Å²) in [5, 5.41) is 8.07. The van der Waals surface area contributed by atoms with Crippen LogP contribution >= 0.6 is 34.9 Å². The lowest BCUT2D eigenvalue weighted by atomic mass is 10.2. The standard InChI is InChI=1S/C9H7ClN4S2/c10-5-1-2-6(8(11)12)7(3-5)15-9-13-4-14-16-9/h1-4H,(H3,11,12). The summed E-state index contributed by atoms with van der Waals surface area (Å²) in [5.41, 5.74) is 6.14. The largest absolute Gasteiger partial charge is 0.384 e. The van der Waals surface area contributed by atoms with Crippen LogP contribution in [0.25, 0.3) is 0 Å². The Morgan fingerprint density at radius 2 is 2.31 bits per heavy atom. The molecule has 0 fully saturated rings. The summed E-state index contributed by atoms with van der Waals surface area (Å²) in [6, 6.07) is 5.21. The summed E-state index contributed by atoms with van der Waals surface area (Å²) in [4.78, 5) is 4.87. The van der Waals surface area contributed by atoms with Crippen molar-refractivity contribution in [2.45, 2.75) is 9.24 Å². The van der Waals surface area contributed by atoms with Crippen LogP contribution in [0, 0.1) is 5.41 Å². The second-order valence-corrected chi connectivity index (χ2v) is 5.37. The van der Waals surface area contributed by atoms with Gasteiger partial charge in [-0.2, -0.15) is 4.37 Å². The van der Waals surface area contributed by atoms with Gasteiger partial charge in [-0.05, 0) is 29.7 Å². The van der Waals surface area contributed by atoms with Crippen molar-refractivity contribution in [1.29, 1.82) is 5.41 Å². The van der Waals surface area contributed by atoms with E-state index in [1.54, 1.807) is 18.2 Å². The van der Waals surface area contributed by atoms with Gasteiger partial charge in [0.05, 0.1) is 0 Å². The van der Waals surface area contributed by atoms with Crippen molar-refractivity contribution in [3.05, 3.63) is 35.1 Å². The van der Waals surface area contributed by atoms with Crippen molar-refractivity contribution in [2.75, 3.05) is 0 Å². The van der Waals surface area contributed by atoms with Gasteiger partial charge in [0.25, 0.3) is 0 Å². The number of benzene rings is 1. The smallest absolute Gasteiger partial charge is 0.174 e. The predicted molar refractivity (Wildman–Crippen MR) is 66.5 cm³/mol. The van der Waals surface area contributed by atoms with Gasteiger partial charge >= 0.3 is 0 Å². The van der Waals surface area contributed by atoms with Crippen molar-refractivity contribution in [3.8, 4) is 0 Å². The van der Waals surface area contributed by atoms with E-state index < -0.39 is 0 Å². The molecule has 0 bridgehead atoms. The van der Waals surface area contributed by atoms with Gasteiger partial charge in [0.15, 0.2) is 4.34 Å². The van der Waals surface area contributed by atoms with Crippen LogP contribution in [0.1, 0.15) is 5.56 Å². The molecule has 0 aliphatic rings. The Kier molecular flexibility index (Phi) is 3.42. The Morgan fingerprint density at radius 1 is 1.50 bits per heavy atom. The number of nitrogens with two attached hydrogens (primary N) is 1. The molecular weight excluding hydrogens is 264 g/mol. The summed E-state index contributed by atoms with van der Waals surface area (Å²) in [5.74, 6) is 0.0173. The minimum atomic E-state index is 0.0173. The van der Waals surface area contributed by atoms with E-state index in [-0.39, 0.29) is 5.84 Å². The molecule has 1 aromatic carbocycles. The minimum Gasteiger partial charge on any atom is -0.384 e. The van der Waals surface area contributed by atoms with Crippen molar-refractivity contribution >= 4 is 40.7 Å². The van der Waals surface area contributed by atoms with Crippen LogP contribution in [-0.4, -0.2) is 15.2 Å². The molecular formula is C9H7ClN4S2. The molecule has 0 atom stereocenters. The molecule has 2 rings (SSSR count). The summed E-state index contributed by atoms with van der Waals surface area (Å²) in [6.07, 6.45) is 1.49. The SMILES string of the molecule is N=C(N)c1ccc(Cl)cc1Sc1ncns1. The number of hydrogen-bond donors (Lipinski definition) is 2. The second-order valence-electron chi connectivity index (χ2n) is 2.86. The molecule has 4 nitrogen and oxygen atoms in total. The molecule has 0 spiro atoms. The van der Waals surface area contributed by atoms with Crippen molar-refractivity contribution in [1.82, 2.24) is 9.36 Å². The van der Waals surface area contributed by atoms with Crippen LogP contribution in [0.5, 0.6) is 0 Å². The lowest BCUT2D eigenvalue weighted by Crippen LogP contribution is -2.12. The highest BCUT2D eigenvalue weighted by molar-refractivity contribution is 8.01. The molecule has 1 heterocycles. The maximum Gasteiger partial charge on any atom is 0.174 e. The molecule has 82 valence electrons. The van der Waals surface area contributed by atoms with Gasteiger partial charge in [-0.15, -0.1) is 0 Å². The Morgan fingerprint density at radius 3 is 2.94 bits per heavy atom. The number of rotatable bonds is 3. The van der Waals surface area contributed by atoms with Crippen molar-refractivity contribution in [3.63, 3.8) is 0 Å². The maximum atomic E-state index is 7.46. The Balaban J connectivity index is 2.38. The van der Waals surface area contributed by atoms with Crippen LogP contribution < -0.4 is 5.73 Å². The fourth-order valence-electron chi connectivity index (χ4n) is 1.11. The molecule has 2 aromatic rings. The van der Waals surface area contributed by atoms with Crippen molar-refractivity contribution in [2.24, 2.45) is 5.73 Å². The molecule has 3 N–H and O–H groups in total. The van der Waals surface area contributed by atoms with Gasteiger partial charge in [0.1, 0.15) is 12.2 Å². The third kappa shape index (κ3) is 2.52. The molecule has 0 unspecified atom stereocenters. The second kappa shape index (κ2) is 4.82. The van der Waals surface area contributed by atoms with Gasteiger partial charge in [0, 0.05) is 15.5 Å². The minimum absolute atomic E-state index is 0.0173. The van der Waals surface area contributed by atoms with E-state index in [0.717, 1.165) is 9.24 Å².